The Balaban J connectivity index is 2.49. The fourth-order valence-corrected chi connectivity index (χ4v) is 1.78. The Hall–Kier alpha value is -2.76. The van der Waals surface area contributed by atoms with E-state index in [0.29, 0.717) is 5.52 Å². The third-order valence-electron chi connectivity index (χ3n) is 2.64. The number of nitrogens with zero attached hydrogens (tertiary/aromatic N) is 3. The Labute approximate surface area is 100 Å². The van der Waals surface area contributed by atoms with E-state index >= 15 is 0 Å². The number of carboxylic acids is 1. The Bertz CT molecular complexity index is 839. The first kappa shape index (κ1) is 10.4. The van der Waals surface area contributed by atoms with Crippen molar-refractivity contribution in [1.82, 2.24) is 14.4 Å². The molecule has 6 nitrogen and oxygen atoms in total. The second kappa shape index (κ2) is 3.63. The van der Waals surface area contributed by atoms with E-state index in [-0.39, 0.29) is 22.3 Å². The lowest BCUT2D eigenvalue weighted by molar-refractivity contribution is 0.0697. The largest absolute Gasteiger partial charge is 0.478 e. The fourth-order valence-electron chi connectivity index (χ4n) is 1.78. The lowest BCUT2D eigenvalue weighted by atomic mass is 10.1. The molecular weight excluding hydrogens is 234 g/mol. The number of hydrogen-bond donors (Lipinski definition) is 1. The minimum atomic E-state index is -1.08. The van der Waals surface area contributed by atoms with E-state index in [1.165, 1.54) is 22.6 Å². The Morgan fingerprint density at radius 1 is 1.33 bits per heavy atom. The fraction of sp³-hybridized carbons (Fsp3) is 0. The number of aromatic nitrogens is 3. The van der Waals surface area contributed by atoms with E-state index in [4.69, 9.17) is 5.11 Å². The summed E-state index contributed by atoms with van der Waals surface area (Å²) in [5.74, 6) is -0.786. The number of rotatable bonds is 1. The molecule has 0 unspecified atom stereocenters. The van der Waals surface area contributed by atoms with Crippen LogP contribution in [0.25, 0.3) is 16.7 Å². The van der Waals surface area contributed by atoms with Crippen molar-refractivity contribution in [2.45, 2.75) is 0 Å². The number of benzene rings is 1. The van der Waals surface area contributed by atoms with Crippen molar-refractivity contribution in [1.29, 1.82) is 0 Å². The smallest absolute Gasteiger partial charge is 0.335 e. The molecule has 1 N–H and O–H groups in total. The van der Waals surface area contributed by atoms with Gasteiger partial charge in [0, 0.05) is 12.4 Å². The third kappa shape index (κ3) is 1.43. The molecule has 3 rings (SSSR count). The number of aromatic carboxylic acids is 1. The van der Waals surface area contributed by atoms with Gasteiger partial charge in [0.15, 0.2) is 0 Å². The molecule has 0 saturated carbocycles. The van der Waals surface area contributed by atoms with Gasteiger partial charge in [0.25, 0.3) is 5.56 Å². The first-order valence-corrected chi connectivity index (χ1v) is 5.17. The van der Waals surface area contributed by atoms with Crippen molar-refractivity contribution in [2.75, 3.05) is 0 Å². The van der Waals surface area contributed by atoms with Gasteiger partial charge in [-0.2, -0.15) is 0 Å². The second-order valence-corrected chi connectivity index (χ2v) is 3.74. The summed E-state index contributed by atoms with van der Waals surface area (Å²) in [6.07, 6.45) is 3.09. The van der Waals surface area contributed by atoms with E-state index in [1.54, 1.807) is 18.5 Å². The zero-order valence-electron chi connectivity index (χ0n) is 9.07. The van der Waals surface area contributed by atoms with Gasteiger partial charge in [0.2, 0.25) is 5.78 Å². The zero-order valence-corrected chi connectivity index (χ0v) is 9.07. The predicted molar refractivity (Wildman–Crippen MR) is 63.7 cm³/mol. The molecule has 0 bridgehead atoms. The van der Waals surface area contributed by atoms with Gasteiger partial charge >= 0.3 is 5.97 Å². The van der Waals surface area contributed by atoms with E-state index in [0.717, 1.165) is 0 Å². The van der Waals surface area contributed by atoms with Crippen LogP contribution in [0, 0.1) is 0 Å². The molecule has 6 heteroatoms. The SMILES string of the molecule is O=C(O)c1ccc2nc3ncccn3c(=O)c2c1. The first-order valence-electron chi connectivity index (χ1n) is 5.17. The molecular formula is C12H7N3O3. The molecule has 18 heavy (non-hydrogen) atoms. The van der Waals surface area contributed by atoms with Gasteiger partial charge in [0.1, 0.15) is 0 Å². The van der Waals surface area contributed by atoms with Gasteiger partial charge in [-0.1, -0.05) is 0 Å². The van der Waals surface area contributed by atoms with Crippen molar-refractivity contribution >= 4 is 22.6 Å². The minimum Gasteiger partial charge on any atom is -0.478 e. The molecule has 0 radical (unpaired) electrons. The molecule has 0 aliphatic carbocycles. The zero-order chi connectivity index (χ0) is 12.7. The maximum Gasteiger partial charge on any atom is 0.335 e. The lowest BCUT2D eigenvalue weighted by Gasteiger charge is -2.02. The molecule has 0 spiro atoms. The predicted octanol–water partition coefficient (Wildman–Crippen LogP) is 0.941. The van der Waals surface area contributed by atoms with Gasteiger partial charge in [-0.05, 0) is 24.3 Å². The summed E-state index contributed by atoms with van der Waals surface area (Å²) >= 11 is 0. The molecule has 0 aliphatic rings. The molecule has 88 valence electrons. The summed E-state index contributed by atoms with van der Waals surface area (Å²) in [5.41, 5.74) is 0.167. The van der Waals surface area contributed by atoms with Crippen molar-refractivity contribution in [3.05, 3.63) is 52.6 Å². The van der Waals surface area contributed by atoms with Crippen LogP contribution in [-0.4, -0.2) is 25.4 Å². The quantitative estimate of drug-likeness (QED) is 0.641. The van der Waals surface area contributed by atoms with Crippen LogP contribution in [0.1, 0.15) is 10.4 Å². The van der Waals surface area contributed by atoms with Gasteiger partial charge in [0.05, 0.1) is 16.5 Å². The average Bonchev–Trinajstić information content (AvgIpc) is 2.38. The number of fused-ring (bicyclic) bond motifs is 2. The van der Waals surface area contributed by atoms with Crippen LogP contribution in [0.15, 0.2) is 41.5 Å². The highest BCUT2D eigenvalue weighted by Gasteiger charge is 2.09. The maximum absolute atomic E-state index is 12.2. The van der Waals surface area contributed by atoms with Crippen LogP contribution < -0.4 is 5.56 Å². The van der Waals surface area contributed by atoms with Crippen LogP contribution in [0.3, 0.4) is 0 Å². The van der Waals surface area contributed by atoms with E-state index in [9.17, 15) is 9.59 Å². The second-order valence-electron chi connectivity index (χ2n) is 3.74. The number of hydrogen-bond acceptors (Lipinski definition) is 4. The Kier molecular flexibility index (Phi) is 2.09. The Morgan fingerprint density at radius 2 is 2.17 bits per heavy atom. The van der Waals surface area contributed by atoms with Gasteiger partial charge in [-0.3, -0.25) is 9.20 Å². The van der Waals surface area contributed by atoms with Crippen molar-refractivity contribution < 1.29 is 9.90 Å². The van der Waals surface area contributed by atoms with Crippen molar-refractivity contribution in [3.63, 3.8) is 0 Å². The summed E-state index contributed by atoms with van der Waals surface area (Å²) in [6.45, 7) is 0. The molecule has 0 aliphatic heterocycles. The third-order valence-corrected chi connectivity index (χ3v) is 2.64. The molecule has 2 heterocycles. The van der Waals surface area contributed by atoms with Crippen molar-refractivity contribution in [3.8, 4) is 0 Å². The molecule has 0 saturated heterocycles. The lowest BCUT2D eigenvalue weighted by Crippen LogP contribution is -2.16. The van der Waals surface area contributed by atoms with Crippen LogP contribution in [0.4, 0.5) is 0 Å². The number of carboxylic acid groups (broad SMARTS) is 1. The molecule has 0 atom stereocenters. The van der Waals surface area contributed by atoms with Gasteiger partial charge in [-0.25, -0.2) is 14.8 Å². The van der Waals surface area contributed by atoms with E-state index in [1.807, 2.05) is 0 Å². The van der Waals surface area contributed by atoms with E-state index < -0.39 is 5.97 Å². The molecule has 2 aromatic heterocycles. The summed E-state index contributed by atoms with van der Waals surface area (Å²) in [5, 5.41) is 9.17. The molecule has 0 amide bonds. The standard InChI is InChI=1S/C12H7N3O3/c16-10-8-6-7(11(17)18)2-3-9(8)14-12-13-4-1-5-15(10)12/h1-6H,(H,17,18). The van der Waals surface area contributed by atoms with E-state index in [2.05, 4.69) is 9.97 Å². The minimum absolute atomic E-state index is 0.0604. The molecule has 3 aromatic rings. The van der Waals surface area contributed by atoms with Crippen LogP contribution in [0.2, 0.25) is 0 Å². The number of carbonyl (C=O) groups is 1. The highest BCUT2D eigenvalue weighted by Crippen LogP contribution is 2.11. The van der Waals surface area contributed by atoms with Crippen molar-refractivity contribution in [2.24, 2.45) is 0 Å². The van der Waals surface area contributed by atoms with Crippen LogP contribution in [-0.2, 0) is 0 Å². The van der Waals surface area contributed by atoms with Crippen LogP contribution >= 0.6 is 0 Å². The normalized spacial score (nSPS) is 10.9. The summed E-state index contributed by atoms with van der Waals surface area (Å²) in [4.78, 5) is 31.2. The van der Waals surface area contributed by atoms with Gasteiger partial charge < -0.3 is 5.11 Å². The van der Waals surface area contributed by atoms with Crippen LogP contribution in [0.5, 0.6) is 0 Å². The highest BCUT2D eigenvalue weighted by molar-refractivity contribution is 5.93. The highest BCUT2D eigenvalue weighted by atomic mass is 16.4. The topological polar surface area (TPSA) is 84.6 Å². The van der Waals surface area contributed by atoms with Gasteiger partial charge in [-0.15, -0.1) is 0 Å². The monoisotopic (exact) mass is 241 g/mol. The molecule has 1 aromatic carbocycles. The summed E-state index contributed by atoms with van der Waals surface area (Å²) in [7, 11) is 0. The average molecular weight is 241 g/mol. The summed E-state index contributed by atoms with van der Waals surface area (Å²) in [6, 6.07) is 5.86. The Morgan fingerprint density at radius 3 is 2.94 bits per heavy atom. The summed E-state index contributed by atoms with van der Waals surface area (Å²) < 4.78 is 1.29. The maximum atomic E-state index is 12.2. The first-order chi connectivity index (χ1) is 8.66. The molecule has 0 fully saturated rings.